The molecule has 0 aromatic rings. The van der Waals surface area contributed by atoms with E-state index in [4.69, 9.17) is 0 Å². The highest BCUT2D eigenvalue weighted by Crippen LogP contribution is 2.24. The van der Waals surface area contributed by atoms with Gasteiger partial charge in [0, 0.05) is 11.4 Å². The molecule has 0 amide bonds. The van der Waals surface area contributed by atoms with E-state index in [9.17, 15) is 0 Å². The molecule has 1 aliphatic rings. The number of rotatable bonds is 2. The molecule has 1 rings (SSSR count). The summed E-state index contributed by atoms with van der Waals surface area (Å²) in [5, 5.41) is 1.17. The lowest BCUT2D eigenvalue weighted by atomic mass is 9.90. The van der Waals surface area contributed by atoms with Gasteiger partial charge in [-0.1, -0.05) is 15.9 Å². The minimum atomic E-state index is 0.799. The minimum Gasteiger partial charge on any atom is -0.304 e. The van der Waals surface area contributed by atoms with Crippen molar-refractivity contribution in [2.45, 2.75) is 32.2 Å². The molecule has 11 heavy (non-hydrogen) atoms. The molecular formula is C9H18BrN. The van der Waals surface area contributed by atoms with Crippen LogP contribution in [0.1, 0.15) is 26.2 Å². The summed E-state index contributed by atoms with van der Waals surface area (Å²) in [5.74, 6) is 0.973. The number of hydrogen-bond acceptors (Lipinski definition) is 1. The van der Waals surface area contributed by atoms with Crippen molar-refractivity contribution in [2.24, 2.45) is 5.92 Å². The number of nitrogens with zero attached hydrogens (tertiary/aromatic N) is 1. The Labute approximate surface area is 78.3 Å². The van der Waals surface area contributed by atoms with Gasteiger partial charge in [0.15, 0.2) is 0 Å². The summed E-state index contributed by atoms with van der Waals surface area (Å²) in [6.45, 7) is 3.62. The summed E-state index contributed by atoms with van der Waals surface area (Å²) in [7, 11) is 2.23. The Morgan fingerprint density at radius 3 is 2.82 bits per heavy atom. The van der Waals surface area contributed by atoms with Gasteiger partial charge >= 0.3 is 0 Å². The minimum absolute atomic E-state index is 0.799. The van der Waals surface area contributed by atoms with E-state index in [-0.39, 0.29) is 0 Å². The first-order valence-electron chi connectivity index (χ1n) is 4.50. The lowest BCUT2D eigenvalue weighted by Crippen LogP contribution is -2.37. The predicted molar refractivity (Wildman–Crippen MR) is 53.2 cm³/mol. The zero-order chi connectivity index (χ0) is 8.27. The standard InChI is InChI=1S/C9H18BrN/c1-8-7-9(3-5-10)4-6-11(8)2/h8-9H,3-7H2,1-2H3/t8-,9+/m1/s1. The van der Waals surface area contributed by atoms with Crippen LogP contribution in [0.4, 0.5) is 0 Å². The summed E-state index contributed by atoms with van der Waals surface area (Å²) in [4.78, 5) is 2.46. The molecule has 1 heterocycles. The summed E-state index contributed by atoms with van der Waals surface area (Å²) in [6.07, 6.45) is 4.15. The number of alkyl halides is 1. The molecule has 1 saturated heterocycles. The first kappa shape index (κ1) is 9.53. The number of hydrogen-bond donors (Lipinski definition) is 0. The zero-order valence-corrected chi connectivity index (χ0v) is 9.10. The number of halogens is 1. The number of likely N-dealkylation sites (tertiary alicyclic amines) is 1. The van der Waals surface area contributed by atoms with Gasteiger partial charge in [0.1, 0.15) is 0 Å². The van der Waals surface area contributed by atoms with Gasteiger partial charge in [-0.2, -0.15) is 0 Å². The van der Waals surface area contributed by atoms with Crippen LogP contribution < -0.4 is 0 Å². The summed E-state index contributed by atoms with van der Waals surface area (Å²) < 4.78 is 0. The molecule has 0 saturated carbocycles. The Bertz CT molecular complexity index is 116. The van der Waals surface area contributed by atoms with Gasteiger partial charge in [-0.15, -0.1) is 0 Å². The third-order valence-electron chi connectivity index (χ3n) is 2.83. The predicted octanol–water partition coefficient (Wildman–Crippen LogP) is 2.50. The lowest BCUT2D eigenvalue weighted by molar-refractivity contribution is 0.152. The molecule has 1 fully saturated rings. The number of piperidine rings is 1. The van der Waals surface area contributed by atoms with Gasteiger partial charge in [0.25, 0.3) is 0 Å². The second-order valence-electron chi connectivity index (χ2n) is 3.70. The topological polar surface area (TPSA) is 3.24 Å². The molecule has 0 aliphatic carbocycles. The van der Waals surface area contributed by atoms with Gasteiger partial charge in [-0.25, -0.2) is 0 Å². The second-order valence-corrected chi connectivity index (χ2v) is 4.49. The van der Waals surface area contributed by atoms with Crippen molar-refractivity contribution < 1.29 is 0 Å². The molecule has 0 bridgehead atoms. The van der Waals surface area contributed by atoms with E-state index in [1.54, 1.807) is 0 Å². The molecule has 0 N–H and O–H groups in total. The molecule has 66 valence electrons. The molecule has 2 heteroatoms. The molecule has 1 aliphatic heterocycles. The average molecular weight is 220 g/mol. The van der Waals surface area contributed by atoms with Crippen molar-refractivity contribution in [1.82, 2.24) is 4.90 Å². The molecule has 1 nitrogen and oxygen atoms in total. The maximum absolute atomic E-state index is 3.51. The van der Waals surface area contributed by atoms with Crippen molar-refractivity contribution in [3.8, 4) is 0 Å². The van der Waals surface area contributed by atoms with Crippen molar-refractivity contribution in [2.75, 3.05) is 18.9 Å². The van der Waals surface area contributed by atoms with Crippen LogP contribution in [0.25, 0.3) is 0 Å². The van der Waals surface area contributed by atoms with E-state index in [0.29, 0.717) is 0 Å². The van der Waals surface area contributed by atoms with Crippen molar-refractivity contribution in [3.63, 3.8) is 0 Å². The molecule has 0 unspecified atom stereocenters. The largest absolute Gasteiger partial charge is 0.304 e. The van der Waals surface area contributed by atoms with Crippen LogP contribution >= 0.6 is 15.9 Å². The Hall–Kier alpha value is 0.440. The van der Waals surface area contributed by atoms with Crippen LogP contribution in [-0.4, -0.2) is 29.9 Å². The highest BCUT2D eigenvalue weighted by Gasteiger charge is 2.21. The van der Waals surface area contributed by atoms with E-state index < -0.39 is 0 Å². The Morgan fingerprint density at radius 2 is 2.27 bits per heavy atom. The summed E-state index contributed by atoms with van der Waals surface area (Å²) in [6, 6.07) is 0.799. The second kappa shape index (κ2) is 4.46. The fraction of sp³-hybridized carbons (Fsp3) is 1.00. The molecule has 0 aromatic carbocycles. The molecule has 0 aromatic heterocycles. The van der Waals surface area contributed by atoms with Crippen LogP contribution in [0, 0.1) is 5.92 Å². The first-order chi connectivity index (χ1) is 5.24. The maximum Gasteiger partial charge on any atom is 0.00665 e. The van der Waals surface area contributed by atoms with Crippen molar-refractivity contribution >= 4 is 15.9 Å². The zero-order valence-electron chi connectivity index (χ0n) is 7.52. The molecule has 0 radical (unpaired) electrons. The van der Waals surface area contributed by atoms with E-state index in [2.05, 4.69) is 34.8 Å². The Kier molecular flexibility index (Phi) is 3.86. The maximum atomic E-state index is 3.51. The van der Waals surface area contributed by atoms with Crippen LogP contribution in [0.3, 0.4) is 0 Å². The van der Waals surface area contributed by atoms with Gasteiger partial charge in [-0.3, -0.25) is 0 Å². The Balaban J connectivity index is 2.28. The Morgan fingerprint density at radius 1 is 1.55 bits per heavy atom. The van der Waals surface area contributed by atoms with E-state index in [1.807, 2.05) is 0 Å². The van der Waals surface area contributed by atoms with Crippen LogP contribution in [0.2, 0.25) is 0 Å². The summed E-state index contributed by atoms with van der Waals surface area (Å²) >= 11 is 3.51. The molecule has 2 atom stereocenters. The van der Waals surface area contributed by atoms with Crippen LogP contribution in [-0.2, 0) is 0 Å². The van der Waals surface area contributed by atoms with Crippen molar-refractivity contribution in [3.05, 3.63) is 0 Å². The van der Waals surface area contributed by atoms with Crippen LogP contribution in [0.15, 0.2) is 0 Å². The first-order valence-corrected chi connectivity index (χ1v) is 5.62. The fourth-order valence-corrected chi connectivity index (χ4v) is 2.45. The highest BCUT2D eigenvalue weighted by molar-refractivity contribution is 9.09. The van der Waals surface area contributed by atoms with Gasteiger partial charge in [-0.05, 0) is 45.7 Å². The third kappa shape index (κ3) is 2.75. The van der Waals surface area contributed by atoms with E-state index in [0.717, 1.165) is 12.0 Å². The quantitative estimate of drug-likeness (QED) is 0.646. The van der Waals surface area contributed by atoms with E-state index >= 15 is 0 Å². The average Bonchev–Trinajstić information content (AvgIpc) is 1.98. The van der Waals surface area contributed by atoms with Crippen molar-refractivity contribution in [1.29, 1.82) is 0 Å². The monoisotopic (exact) mass is 219 g/mol. The van der Waals surface area contributed by atoms with E-state index in [1.165, 1.54) is 31.1 Å². The smallest absolute Gasteiger partial charge is 0.00665 e. The summed E-state index contributed by atoms with van der Waals surface area (Å²) in [5.41, 5.74) is 0. The molecular weight excluding hydrogens is 202 g/mol. The van der Waals surface area contributed by atoms with Crippen LogP contribution in [0.5, 0.6) is 0 Å². The normalized spacial score (nSPS) is 34.1. The van der Waals surface area contributed by atoms with Gasteiger partial charge in [0.05, 0.1) is 0 Å². The molecule has 0 spiro atoms. The van der Waals surface area contributed by atoms with Gasteiger partial charge < -0.3 is 4.90 Å². The van der Waals surface area contributed by atoms with Gasteiger partial charge in [0.2, 0.25) is 0 Å². The lowest BCUT2D eigenvalue weighted by Gasteiger charge is -2.34. The highest BCUT2D eigenvalue weighted by atomic mass is 79.9. The SMILES string of the molecule is C[C@@H]1C[C@@H](CCBr)CCN1C. The third-order valence-corrected chi connectivity index (χ3v) is 3.29. The fourth-order valence-electron chi connectivity index (χ4n) is 1.80.